The smallest absolute Gasteiger partial charge is 0.326 e. The van der Waals surface area contributed by atoms with Crippen LogP contribution < -0.4 is 10.6 Å². The third kappa shape index (κ3) is 8.68. The highest BCUT2D eigenvalue weighted by Crippen LogP contribution is 2.05. The fourth-order valence-corrected chi connectivity index (χ4v) is 1.28. The molecule has 3 N–H and O–H groups in total. The van der Waals surface area contributed by atoms with Gasteiger partial charge in [-0.05, 0) is 33.1 Å². The molecule has 0 bridgehead atoms. The fourth-order valence-electron chi connectivity index (χ4n) is 1.28. The van der Waals surface area contributed by atoms with E-state index in [4.69, 9.17) is 5.11 Å². The Hall–Kier alpha value is -1.10. The summed E-state index contributed by atoms with van der Waals surface area (Å²) in [5, 5.41) is 14.5. The normalized spacial score (nSPS) is 13.5. The molecule has 100 valence electrons. The highest BCUT2D eigenvalue weighted by molar-refractivity contribution is 5.84. The van der Waals surface area contributed by atoms with E-state index in [1.807, 2.05) is 34.6 Å². The Morgan fingerprint density at radius 3 is 2.12 bits per heavy atom. The van der Waals surface area contributed by atoms with Crippen molar-refractivity contribution in [3.63, 3.8) is 0 Å². The molecule has 5 heteroatoms. The number of carbonyl (C=O) groups is 2. The van der Waals surface area contributed by atoms with Crippen LogP contribution in [0.1, 0.15) is 41.0 Å². The summed E-state index contributed by atoms with van der Waals surface area (Å²) in [6, 6.07) is -0.802. The Kier molecular flexibility index (Phi) is 6.16. The molecule has 0 saturated carbocycles. The molecule has 1 unspecified atom stereocenters. The topological polar surface area (TPSA) is 78.4 Å². The molecular weight excluding hydrogens is 220 g/mol. The van der Waals surface area contributed by atoms with E-state index in [2.05, 4.69) is 10.6 Å². The minimum atomic E-state index is -0.984. The van der Waals surface area contributed by atoms with Gasteiger partial charge in [-0.25, -0.2) is 4.79 Å². The number of aliphatic carboxylic acids is 1. The van der Waals surface area contributed by atoms with Crippen molar-refractivity contribution in [1.82, 2.24) is 10.6 Å². The second kappa shape index (κ2) is 6.59. The van der Waals surface area contributed by atoms with Gasteiger partial charge in [-0.2, -0.15) is 0 Å². The monoisotopic (exact) mass is 244 g/mol. The van der Waals surface area contributed by atoms with E-state index in [0.29, 0.717) is 6.42 Å². The van der Waals surface area contributed by atoms with Crippen LogP contribution in [0.2, 0.25) is 0 Å². The first-order valence-electron chi connectivity index (χ1n) is 5.89. The standard InChI is InChI=1S/C12H24N2O3/c1-8(2)6-9(11(16)17)14-10(15)7-13-12(3,4)5/h8-9,13H,6-7H2,1-5H3,(H,14,15)(H,16,17). The van der Waals surface area contributed by atoms with Crippen LogP contribution in [0.4, 0.5) is 0 Å². The molecule has 0 aromatic rings. The predicted molar refractivity (Wildman–Crippen MR) is 66.8 cm³/mol. The first kappa shape index (κ1) is 15.9. The van der Waals surface area contributed by atoms with Crippen molar-refractivity contribution in [3.8, 4) is 0 Å². The molecule has 0 saturated heterocycles. The second-order valence-corrected chi connectivity index (χ2v) is 5.69. The number of carbonyl (C=O) groups excluding carboxylic acids is 1. The van der Waals surface area contributed by atoms with Crippen molar-refractivity contribution in [2.45, 2.75) is 52.6 Å². The molecule has 1 atom stereocenters. The lowest BCUT2D eigenvalue weighted by Gasteiger charge is -2.21. The van der Waals surface area contributed by atoms with Gasteiger partial charge in [0, 0.05) is 5.54 Å². The maximum absolute atomic E-state index is 11.5. The summed E-state index contributed by atoms with van der Waals surface area (Å²) in [7, 11) is 0. The summed E-state index contributed by atoms with van der Waals surface area (Å²) in [6.45, 7) is 9.83. The van der Waals surface area contributed by atoms with Crippen LogP contribution in [0.3, 0.4) is 0 Å². The van der Waals surface area contributed by atoms with E-state index in [0.717, 1.165) is 0 Å². The summed E-state index contributed by atoms with van der Waals surface area (Å²) in [5.74, 6) is -1.04. The summed E-state index contributed by atoms with van der Waals surface area (Å²) >= 11 is 0. The summed E-state index contributed by atoms with van der Waals surface area (Å²) in [4.78, 5) is 22.5. The minimum Gasteiger partial charge on any atom is -0.480 e. The van der Waals surface area contributed by atoms with E-state index in [1.165, 1.54) is 0 Å². The Morgan fingerprint density at radius 1 is 1.24 bits per heavy atom. The molecule has 1 amide bonds. The zero-order valence-electron chi connectivity index (χ0n) is 11.3. The third-order valence-electron chi connectivity index (χ3n) is 2.12. The molecule has 0 aliphatic carbocycles. The van der Waals surface area contributed by atoms with Crippen LogP contribution in [-0.4, -0.2) is 35.1 Å². The average molecular weight is 244 g/mol. The number of amides is 1. The Labute approximate surface area is 103 Å². The largest absolute Gasteiger partial charge is 0.480 e. The molecule has 17 heavy (non-hydrogen) atoms. The number of hydrogen-bond donors (Lipinski definition) is 3. The van der Waals surface area contributed by atoms with Gasteiger partial charge in [-0.1, -0.05) is 13.8 Å². The van der Waals surface area contributed by atoms with Crippen LogP contribution in [-0.2, 0) is 9.59 Å². The van der Waals surface area contributed by atoms with Crippen LogP contribution in [0, 0.1) is 5.92 Å². The molecule has 0 aromatic heterocycles. The summed E-state index contributed by atoms with van der Waals surface area (Å²) in [5.41, 5.74) is -0.159. The lowest BCUT2D eigenvalue weighted by molar-refractivity contribution is -0.142. The molecule has 0 aromatic carbocycles. The molecule has 0 fully saturated rings. The maximum atomic E-state index is 11.5. The third-order valence-corrected chi connectivity index (χ3v) is 2.12. The van der Waals surface area contributed by atoms with E-state index >= 15 is 0 Å². The molecule has 0 radical (unpaired) electrons. The fraction of sp³-hybridized carbons (Fsp3) is 0.833. The number of nitrogens with one attached hydrogen (secondary N) is 2. The Balaban J connectivity index is 4.18. The summed E-state index contributed by atoms with van der Waals surface area (Å²) in [6.07, 6.45) is 0.441. The number of carboxylic acid groups (broad SMARTS) is 1. The molecule has 0 heterocycles. The Bertz CT molecular complexity index is 269. The van der Waals surface area contributed by atoms with Gasteiger partial charge in [0.25, 0.3) is 0 Å². The number of rotatable bonds is 6. The van der Waals surface area contributed by atoms with Gasteiger partial charge in [0.15, 0.2) is 0 Å². The molecule has 0 aliphatic heterocycles. The average Bonchev–Trinajstić information content (AvgIpc) is 2.11. The van der Waals surface area contributed by atoms with Crippen molar-refractivity contribution >= 4 is 11.9 Å². The van der Waals surface area contributed by atoms with Crippen molar-refractivity contribution in [2.24, 2.45) is 5.92 Å². The van der Waals surface area contributed by atoms with E-state index in [1.54, 1.807) is 0 Å². The van der Waals surface area contributed by atoms with E-state index in [-0.39, 0.29) is 23.9 Å². The van der Waals surface area contributed by atoms with Gasteiger partial charge >= 0.3 is 5.97 Å². The van der Waals surface area contributed by atoms with Crippen LogP contribution in [0.15, 0.2) is 0 Å². The SMILES string of the molecule is CC(C)CC(NC(=O)CNC(C)(C)C)C(=O)O. The van der Waals surface area contributed by atoms with E-state index < -0.39 is 12.0 Å². The van der Waals surface area contributed by atoms with Gasteiger partial charge in [0.1, 0.15) is 6.04 Å². The summed E-state index contributed by atoms with van der Waals surface area (Å²) < 4.78 is 0. The molecule has 0 aliphatic rings. The molecule has 5 nitrogen and oxygen atoms in total. The first-order valence-corrected chi connectivity index (χ1v) is 5.89. The van der Waals surface area contributed by atoms with E-state index in [9.17, 15) is 9.59 Å². The van der Waals surface area contributed by atoms with Crippen molar-refractivity contribution < 1.29 is 14.7 Å². The van der Waals surface area contributed by atoms with Gasteiger partial charge in [-0.3, -0.25) is 4.79 Å². The zero-order chi connectivity index (χ0) is 13.6. The predicted octanol–water partition coefficient (Wildman–Crippen LogP) is 0.990. The lowest BCUT2D eigenvalue weighted by Crippen LogP contribution is -2.48. The van der Waals surface area contributed by atoms with Crippen LogP contribution in [0.25, 0.3) is 0 Å². The van der Waals surface area contributed by atoms with Gasteiger partial charge in [0.05, 0.1) is 6.54 Å². The number of hydrogen-bond acceptors (Lipinski definition) is 3. The molecule has 0 spiro atoms. The Morgan fingerprint density at radius 2 is 1.76 bits per heavy atom. The van der Waals surface area contributed by atoms with Crippen LogP contribution in [0.5, 0.6) is 0 Å². The zero-order valence-corrected chi connectivity index (χ0v) is 11.3. The maximum Gasteiger partial charge on any atom is 0.326 e. The second-order valence-electron chi connectivity index (χ2n) is 5.69. The highest BCUT2D eigenvalue weighted by Gasteiger charge is 2.21. The van der Waals surface area contributed by atoms with Crippen molar-refractivity contribution in [1.29, 1.82) is 0 Å². The quantitative estimate of drug-likeness (QED) is 0.651. The number of carboxylic acids is 1. The minimum absolute atomic E-state index is 0.130. The first-order chi connectivity index (χ1) is 7.61. The van der Waals surface area contributed by atoms with Crippen molar-refractivity contribution in [3.05, 3.63) is 0 Å². The van der Waals surface area contributed by atoms with Gasteiger partial charge in [-0.15, -0.1) is 0 Å². The van der Waals surface area contributed by atoms with Crippen molar-refractivity contribution in [2.75, 3.05) is 6.54 Å². The molecule has 0 rings (SSSR count). The molecular formula is C12H24N2O3. The van der Waals surface area contributed by atoms with Gasteiger partial charge < -0.3 is 15.7 Å². The highest BCUT2D eigenvalue weighted by atomic mass is 16.4. The van der Waals surface area contributed by atoms with Gasteiger partial charge in [0.2, 0.25) is 5.91 Å². The lowest BCUT2D eigenvalue weighted by atomic mass is 10.0. The van der Waals surface area contributed by atoms with Crippen LogP contribution >= 0.6 is 0 Å².